The van der Waals surface area contributed by atoms with Gasteiger partial charge in [-0.15, -0.1) is 0 Å². The van der Waals surface area contributed by atoms with Crippen LogP contribution >= 0.6 is 0 Å². The summed E-state index contributed by atoms with van der Waals surface area (Å²) in [6, 6.07) is 6.32. The fourth-order valence-electron chi connectivity index (χ4n) is 2.41. The third-order valence-electron chi connectivity index (χ3n) is 3.44. The Balaban J connectivity index is 2.17. The Morgan fingerprint density at radius 2 is 2.05 bits per heavy atom. The second kappa shape index (κ2) is 4.69. The number of carbonyl (C=O) groups is 1. The summed E-state index contributed by atoms with van der Waals surface area (Å²) in [5.41, 5.74) is 0.545. The first kappa shape index (κ1) is 13.3. The Bertz CT molecular complexity index is 749. The number of nitro groups is 1. The lowest BCUT2D eigenvalue weighted by Gasteiger charge is -2.10. The average Bonchev–Trinajstić information content (AvgIpc) is 3.15. The van der Waals surface area contributed by atoms with Gasteiger partial charge in [-0.3, -0.25) is 10.1 Å². The lowest BCUT2D eigenvalue weighted by molar-refractivity contribution is -0.385. The molecule has 21 heavy (non-hydrogen) atoms. The molecule has 0 aliphatic heterocycles. The van der Waals surface area contributed by atoms with Crippen LogP contribution in [0.2, 0.25) is 0 Å². The van der Waals surface area contributed by atoms with Gasteiger partial charge in [-0.1, -0.05) is 0 Å². The zero-order valence-electron chi connectivity index (χ0n) is 10.8. The van der Waals surface area contributed by atoms with Crippen molar-refractivity contribution < 1.29 is 19.2 Å². The van der Waals surface area contributed by atoms with Crippen LogP contribution in [0.5, 0.6) is 0 Å². The molecule has 1 heterocycles. The fourth-order valence-corrected chi connectivity index (χ4v) is 2.41. The molecule has 1 saturated carbocycles. The first-order valence-electron chi connectivity index (χ1n) is 6.37. The van der Waals surface area contributed by atoms with Crippen LogP contribution in [-0.2, 0) is 0 Å². The van der Waals surface area contributed by atoms with E-state index >= 15 is 0 Å². The molecular weight excluding hydrogens is 279 g/mol. The van der Waals surface area contributed by atoms with Crippen LogP contribution in [0.1, 0.15) is 29.4 Å². The standard InChI is InChI=1S/C14H11FN2O4/c15-9-5-8(6-11(7-9)17(20)21)12-3-4-13(14(18)19)16(12)10-1-2-10/h3-7,10H,1-2H2,(H,18,19). The number of non-ortho nitro benzene ring substituents is 1. The number of hydrogen-bond donors (Lipinski definition) is 1. The van der Waals surface area contributed by atoms with Crippen LogP contribution in [0.25, 0.3) is 11.3 Å². The summed E-state index contributed by atoms with van der Waals surface area (Å²) in [5.74, 6) is -1.79. The largest absolute Gasteiger partial charge is 0.477 e. The number of aromatic carboxylic acids is 1. The lowest BCUT2D eigenvalue weighted by atomic mass is 10.1. The molecule has 0 bridgehead atoms. The predicted molar refractivity (Wildman–Crippen MR) is 71.7 cm³/mol. The van der Waals surface area contributed by atoms with E-state index in [1.165, 1.54) is 18.2 Å². The number of nitrogens with zero attached hydrogens (tertiary/aromatic N) is 2. The number of rotatable bonds is 4. The maximum absolute atomic E-state index is 13.6. The highest BCUT2D eigenvalue weighted by Gasteiger charge is 2.30. The topological polar surface area (TPSA) is 85.4 Å². The molecule has 1 aliphatic rings. The van der Waals surface area contributed by atoms with Crippen molar-refractivity contribution >= 4 is 11.7 Å². The molecule has 0 saturated heterocycles. The highest BCUT2D eigenvalue weighted by molar-refractivity contribution is 5.87. The SMILES string of the molecule is O=C(O)c1ccc(-c2cc(F)cc([N+](=O)[O-])c2)n1C1CC1. The molecule has 1 aliphatic carbocycles. The van der Waals surface area contributed by atoms with E-state index in [1.54, 1.807) is 10.6 Å². The summed E-state index contributed by atoms with van der Waals surface area (Å²) in [7, 11) is 0. The molecule has 7 heteroatoms. The van der Waals surface area contributed by atoms with Crippen LogP contribution in [0, 0.1) is 15.9 Å². The first-order valence-corrected chi connectivity index (χ1v) is 6.37. The van der Waals surface area contributed by atoms with Crippen LogP contribution in [0.3, 0.4) is 0 Å². The maximum atomic E-state index is 13.6. The number of benzene rings is 1. The predicted octanol–water partition coefficient (Wildman–Crippen LogP) is 3.24. The number of halogens is 1. The molecule has 0 unspecified atom stereocenters. The van der Waals surface area contributed by atoms with Crippen LogP contribution in [0.4, 0.5) is 10.1 Å². The van der Waals surface area contributed by atoms with E-state index in [9.17, 15) is 24.4 Å². The Labute approximate surface area is 118 Å². The number of aromatic nitrogens is 1. The third kappa shape index (κ3) is 2.37. The van der Waals surface area contributed by atoms with E-state index < -0.39 is 16.7 Å². The molecule has 0 spiro atoms. The summed E-state index contributed by atoms with van der Waals surface area (Å²) in [4.78, 5) is 21.4. The van der Waals surface area contributed by atoms with Crippen LogP contribution in [0.15, 0.2) is 30.3 Å². The molecule has 1 aromatic heterocycles. The molecule has 0 radical (unpaired) electrons. The summed E-state index contributed by atoms with van der Waals surface area (Å²) in [5, 5.41) is 20.0. The lowest BCUT2D eigenvalue weighted by Crippen LogP contribution is -2.08. The zero-order chi connectivity index (χ0) is 15.1. The van der Waals surface area contributed by atoms with Gasteiger partial charge in [0.25, 0.3) is 5.69 Å². The van der Waals surface area contributed by atoms with Gasteiger partial charge >= 0.3 is 5.97 Å². The molecule has 6 nitrogen and oxygen atoms in total. The van der Waals surface area contributed by atoms with E-state index in [0.717, 1.165) is 18.9 Å². The summed E-state index contributed by atoms with van der Waals surface area (Å²) >= 11 is 0. The van der Waals surface area contributed by atoms with Gasteiger partial charge in [0.2, 0.25) is 0 Å². The van der Waals surface area contributed by atoms with E-state index in [1.807, 2.05) is 0 Å². The fraction of sp³-hybridized carbons (Fsp3) is 0.214. The summed E-state index contributed by atoms with van der Waals surface area (Å²) in [6.07, 6.45) is 1.69. The molecule has 1 aromatic carbocycles. The number of carboxylic acid groups (broad SMARTS) is 1. The van der Waals surface area contributed by atoms with Crippen molar-refractivity contribution in [1.29, 1.82) is 0 Å². The number of nitro benzene ring substituents is 1. The minimum atomic E-state index is -1.07. The molecule has 1 fully saturated rings. The highest BCUT2D eigenvalue weighted by atomic mass is 19.1. The Kier molecular flexibility index (Phi) is 2.97. The second-order valence-corrected chi connectivity index (χ2v) is 4.97. The smallest absolute Gasteiger partial charge is 0.352 e. The van der Waals surface area contributed by atoms with Crippen molar-refractivity contribution in [3.05, 3.63) is 52.0 Å². The zero-order valence-corrected chi connectivity index (χ0v) is 10.8. The number of carboxylic acids is 1. The quantitative estimate of drug-likeness (QED) is 0.692. The van der Waals surface area contributed by atoms with Gasteiger partial charge < -0.3 is 9.67 Å². The van der Waals surface area contributed by atoms with Gasteiger partial charge in [0.1, 0.15) is 11.5 Å². The van der Waals surface area contributed by atoms with E-state index in [4.69, 9.17) is 0 Å². The molecular formula is C14H11FN2O4. The molecule has 0 atom stereocenters. The molecule has 2 aromatic rings. The Morgan fingerprint density at radius 1 is 1.33 bits per heavy atom. The van der Waals surface area contributed by atoms with Crippen LogP contribution < -0.4 is 0 Å². The van der Waals surface area contributed by atoms with Gasteiger partial charge in [0, 0.05) is 23.4 Å². The number of hydrogen-bond acceptors (Lipinski definition) is 3. The minimum Gasteiger partial charge on any atom is -0.477 e. The summed E-state index contributed by atoms with van der Waals surface area (Å²) < 4.78 is 15.2. The molecule has 0 amide bonds. The van der Waals surface area contributed by atoms with Gasteiger partial charge in [-0.2, -0.15) is 0 Å². The van der Waals surface area contributed by atoms with Crippen molar-refractivity contribution in [3.8, 4) is 11.3 Å². The third-order valence-corrected chi connectivity index (χ3v) is 3.44. The minimum absolute atomic E-state index is 0.0587. The van der Waals surface area contributed by atoms with Crippen molar-refractivity contribution in [2.45, 2.75) is 18.9 Å². The molecule has 3 rings (SSSR count). The van der Waals surface area contributed by atoms with E-state index in [0.29, 0.717) is 11.3 Å². The Morgan fingerprint density at radius 3 is 2.62 bits per heavy atom. The van der Waals surface area contributed by atoms with Crippen molar-refractivity contribution in [3.63, 3.8) is 0 Å². The monoisotopic (exact) mass is 290 g/mol. The van der Waals surface area contributed by atoms with Gasteiger partial charge in [0.15, 0.2) is 0 Å². The maximum Gasteiger partial charge on any atom is 0.352 e. The van der Waals surface area contributed by atoms with Gasteiger partial charge in [0.05, 0.1) is 11.0 Å². The Hall–Kier alpha value is -2.70. The second-order valence-electron chi connectivity index (χ2n) is 4.97. The first-order chi connectivity index (χ1) is 9.97. The highest BCUT2D eigenvalue weighted by Crippen LogP contribution is 2.41. The summed E-state index contributed by atoms with van der Waals surface area (Å²) in [6.45, 7) is 0. The van der Waals surface area contributed by atoms with Crippen molar-refractivity contribution in [2.75, 3.05) is 0 Å². The average molecular weight is 290 g/mol. The molecule has 1 N–H and O–H groups in total. The normalized spacial score (nSPS) is 14.1. The molecule has 108 valence electrons. The van der Waals surface area contributed by atoms with E-state index in [2.05, 4.69) is 0 Å². The van der Waals surface area contributed by atoms with E-state index in [-0.39, 0.29) is 17.4 Å². The van der Waals surface area contributed by atoms with Gasteiger partial charge in [-0.05, 0) is 31.0 Å². The van der Waals surface area contributed by atoms with Crippen molar-refractivity contribution in [2.24, 2.45) is 0 Å². The van der Waals surface area contributed by atoms with Crippen LogP contribution in [-0.4, -0.2) is 20.6 Å². The van der Waals surface area contributed by atoms with Gasteiger partial charge in [-0.25, -0.2) is 9.18 Å². The van der Waals surface area contributed by atoms with Crippen molar-refractivity contribution in [1.82, 2.24) is 4.57 Å².